The highest BCUT2D eigenvalue weighted by Gasteiger charge is 2.18. The van der Waals surface area contributed by atoms with Gasteiger partial charge in [-0.2, -0.15) is 0 Å². The van der Waals surface area contributed by atoms with Crippen molar-refractivity contribution in [3.05, 3.63) is 34.3 Å². The topological polar surface area (TPSA) is 54.6 Å². The van der Waals surface area contributed by atoms with Crippen LogP contribution in [-0.4, -0.2) is 20.5 Å². The molecule has 16 heavy (non-hydrogen) atoms. The monoisotopic (exact) mass is 282 g/mol. The number of rotatable bonds is 2. The van der Waals surface area contributed by atoms with Crippen LogP contribution in [0, 0.1) is 0 Å². The molecule has 0 saturated heterocycles. The molecule has 4 nitrogen and oxygen atoms in total. The zero-order valence-corrected chi connectivity index (χ0v) is 10.5. The standard InChI is InChI=1S/C11H11BrN2O2/c1-6(2)10-13-9(11(15)16)8-5-7(12)3-4-14(8)10/h3-6H,1-2H3,(H,15,16). The number of hydrogen-bond donors (Lipinski definition) is 1. The molecule has 0 aliphatic rings. The molecule has 0 aromatic carbocycles. The molecule has 2 aromatic rings. The van der Waals surface area contributed by atoms with E-state index in [2.05, 4.69) is 20.9 Å². The van der Waals surface area contributed by atoms with Crippen molar-refractivity contribution in [3.63, 3.8) is 0 Å². The Morgan fingerprint density at radius 3 is 2.81 bits per heavy atom. The summed E-state index contributed by atoms with van der Waals surface area (Å²) in [5.41, 5.74) is 0.718. The highest BCUT2D eigenvalue weighted by atomic mass is 79.9. The van der Waals surface area contributed by atoms with E-state index in [4.69, 9.17) is 5.11 Å². The molecule has 0 saturated carbocycles. The van der Waals surface area contributed by atoms with E-state index >= 15 is 0 Å². The van der Waals surface area contributed by atoms with E-state index in [-0.39, 0.29) is 11.6 Å². The molecule has 2 rings (SSSR count). The third-order valence-electron chi connectivity index (χ3n) is 2.35. The van der Waals surface area contributed by atoms with Gasteiger partial charge >= 0.3 is 5.97 Å². The Kier molecular flexibility index (Phi) is 2.71. The summed E-state index contributed by atoms with van der Waals surface area (Å²) in [6.07, 6.45) is 1.83. The van der Waals surface area contributed by atoms with Crippen LogP contribution in [0.4, 0.5) is 0 Å². The predicted molar refractivity (Wildman–Crippen MR) is 63.9 cm³/mol. The summed E-state index contributed by atoms with van der Waals surface area (Å²) in [6, 6.07) is 3.63. The minimum absolute atomic E-state index is 0.102. The fourth-order valence-corrected chi connectivity index (χ4v) is 1.98. The van der Waals surface area contributed by atoms with Crippen molar-refractivity contribution in [1.82, 2.24) is 9.38 Å². The molecule has 0 aliphatic heterocycles. The molecule has 0 radical (unpaired) electrons. The van der Waals surface area contributed by atoms with Gasteiger partial charge in [-0.05, 0) is 12.1 Å². The molecule has 0 aliphatic carbocycles. The maximum Gasteiger partial charge on any atom is 0.356 e. The van der Waals surface area contributed by atoms with Gasteiger partial charge in [-0.3, -0.25) is 0 Å². The van der Waals surface area contributed by atoms with Gasteiger partial charge in [0.2, 0.25) is 0 Å². The molecule has 0 unspecified atom stereocenters. The molecular formula is C11H11BrN2O2. The lowest BCUT2D eigenvalue weighted by molar-refractivity contribution is 0.0693. The summed E-state index contributed by atoms with van der Waals surface area (Å²) < 4.78 is 2.66. The second-order valence-corrected chi connectivity index (χ2v) is 4.79. The van der Waals surface area contributed by atoms with Gasteiger partial charge in [-0.1, -0.05) is 29.8 Å². The SMILES string of the molecule is CC(C)c1nc(C(=O)O)c2cc(Br)ccn12. The Labute approximate surface area is 101 Å². The minimum atomic E-state index is -0.998. The second kappa shape index (κ2) is 3.90. The summed E-state index contributed by atoms with van der Waals surface area (Å²) in [5.74, 6) is -0.0517. The number of imidazole rings is 1. The van der Waals surface area contributed by atoms with Crippen LogP contribution in [0.1, 0.15) is 36.1 Å². The van der Waals surface area contributed by atoms with Crippen LogP contribution in [0.25, 0.3) is 5.52 Å². The number of pyridine rings is 1. The highest BCUT2D eigenvalue weighted by molar-refractivity contribution is 9.10. The van der Waals surface area contributed by atoms with Gasteiger partial charge in [-0.25, -0.2) is 9.78 Å². The zero-order chi connectivity index (χ0) is 11.9. The van der Waals surface area contributed by atoms with Crippen LogP contribution in [0.15, 0.2) is 22.8 Å². The van der Waals surface area contributed by atoms with E-state index in [0.29, 0.717) is 5.52 Å². The van der Waals surface area contributed by atoms with Gasteiger partial charge in [0.15, 0.2) is 5.69 Å². The Balaban J connectivity index is 2.81. The van der Waals surface area contributed by atoms with Crippen molar-refractivity contribution in [3.8, 4) is 0 Å². The summed E-state index contributed by atoms with van der Waals surface area (Å²) in [7, 11) is 0. The number of aromatic nitrogens is 2. The Morgan fingerprint density at radius 2 is 2.25 bits per heavy atom. The number of nitrogens with zero attached hydrogens (tertiary/aromatic N) is 2. The van der Waals surface area contributed by atoms with Crippen LogP contribution in [-0.2, 0) is 0 Å². The molecule has 2 aromatic heterocycles. The molecule has 0 spiro atoms. The number of halogens is 1. The Bertz CT molecular complexity index is 560. The largest absolute Gasteiger partial charge is 0.476 e. The van der Waals surface area contributed by atoms with E-state index in [1.54, 1.807) is 6.07 Å². The van der Waals surface area contributed by atoms with Gasteiger partial charge < -0.3 is 9.51 Å². The van der Waals surface area contributed by atoms with Crippen molar-refractivity contribution in [2.75, 3.05) is 0 Å². The quantitative estimate of drug-likeness (QED) is 0.922. The van der Waals surface area contributed by atoms with E-state index < -0.39 is 5.97 Å². The van der Waals surface area contributed by atoms with Crippen molar-refractivity contribution in [1.29, 1.82) is 0 Å². The van der Waals surface area contributed by atoms with Crippen LogP contribution >= 0.6 is 15.9 Å². The molecule has 5 heteroatoms. The average molecular weight is 283 g/mol. The second-order valence-electron chi connectivity index (χ2n) is 3.88. The van der Waals surface area contributed by atoms with E-state index in [1.807, 2.05) is 30.5 Å². The first-order valence-corrected chi connectivity index (χ1v) is 5.71. The number of carboxylic acids is 1. The number of fused-ring (bicyclic) bond motifs is 1. The van der Waals surface area contributed by atoms with Gasteiger partial charge in [-0.15, -0.1) is 0 Å². The van der Waals surface area contributed by atoms with E-state index in [1.165, 1.54) is 0 Å². The normalized spacial score (nSPS) is 11.2. The van der Waals surface area contributed by atoms with Crippen molar-refractivity contribution in [2.24, 2.45) is 0 Å². The fraction of sp³-hybridized carbons (Fsp3) is 0.273. The maximum absolute atomic E-state index is 11.1. The van der Waals surface area contributed by atoms with Crippen LogP contribution < -0.4 is 0 Å². The third-order valence-corrected chi connectivity index (χ3v) is 2.84. The number of carboxylic acid groups (broad SMARTS) is 1. The summed E-state index contributed by atoms with van der Waals surface area (Å²) in [5, 5.41) is 9.08. The first-order chi connectivity index (χ1) is 7.50. The lowest BCUT2D eigenvalue weighted by Crippen LogP contribution is -1.98. The number of hydrogen-bond acceptors (Lipinski definition) is 2. The fourth-order valence-electron chi connectivity index (χ4n) is 1.65. The molecular weight excluding hydrogens is 272 g/mol. The predicted octanol–water partition coefficient (Wildman–Crippen LogP) is 2.92. The molecule has 0 fully saturated rings. The third kappa shape index (κ3) is 1.71. The number of carbonyl (C=O) groups is 1. The molecule has 0 amide bonds. The summed E-state index contributed by atoms with van der Waals surface area (Å²) >= 11 is 3.33. The van der Waals surface area contributed by atoms with Crippen molar-refractivity contribution >= 4 is 27.4 Å². The first kappa shape index (κ1) is 11.1. The number of aromatic carboxylic acids is 1. The smallest absolute Gasteiger partial charge is 0.356 e. The van der Waals surface area contributed by atoms with Gasteiger partial charge in [0, 0.05) is 16.6 Å². The average Bonchev–Trinajstić information content (AvgIpc) is 2.56. The summed E-state index contributed by atoms with van der Waals surface area (Å²) in [6.45, 7) is 3.98. The maximum atomic E-state index is 11.1. The molecule has 1 N–H and O–H groups in total. The summed E-state index contributed by atoms with van der Waals surface area (Å²) in [4.78, 5) is 15.2. The van der Waals surface area contributed by atoms with E-state index in [0.717, 1.165) is 10.3 Å². The van der Waals surface area contributed by atoms with E-state index in [9.17, 15) is 4.79 Å². The minimum Gasteiger partial charge on any atom is -0.476 e. The molecule has 0 bridgehead atoms. The molecule has 2 heterocycles. The van der Waals surface area contributed by atoms with Crippen molar-refractivity contribution < 1.29 is 9.90 Å². The molecule has 84 valence electrons. The lowest BCUT2D eigenvalue weighted by Gasteiger charge is -2.03. The first-order valence-electron chi connectivity index (χ1n) is 4.91. The van der Waals surface area contributed by atoms with Gasteiger partial charge in [0.1, 0.15) is 5.82 Å². The van der Waals surface area contributed by atoms with Crippen LogP contribution in [0.2, 0.25) is 0 Å². The van der Waals surface area contributed by atoms with Gasteiger partial charge in [0.25, 0.3) is 0 Å². The lowest BCUT2D eigenvalue weighted by atomic mass is 10.2. The molecule has 0 atom stereocenters. The van der Waals surface area contributed by atoms with Gasteiger partial charge in [0.05, 0.1) is 5.52 Å². The highest BCUT2D eigenvalue weighted by Crippen LogP contribution is 2.22. The van der Waals surface area contributed by atoms with Crippen molar-refractivity contribution in [2.45, 2.75) is 19.8 Å². The Hall–Kier alpha value is -1.36. The Morgan fingerprint density at radius 1 is 1.56 bits per heavy atom. The van der Waals surface area contributed by atoms with Crippen LogP contribution in [0.5, 0.6) is 0 Å². The zero-order valence-electron chi connectivity index (χ0n) is 8.94. The van der Waals surface area contributed by atoms with Crippen LogP contribution in [0.3, 0.4) is 0 Å².